The molecule has 1 N–H and O–H groups in total. The van der Waals surface area contributed by atoms with E-state index in [0.717, 1.165) is 24.0 Å². The lowest BCUT2D eigenvalue weighted by molar-refractivity contribution is -0.123. The molecule has 1 aromatic heterocycles. The molecule has 4 rings (SSSR count). The van der Waals surface area contributed by atoms with Crippen molar-refractivity contribution in [3.05, 3.63) is 51.1 Å². The van der Waals surface area contributed by atoms with Crippen LogP contribution in [-0.4, -0.2) is 10.9 Å². The summed E-state index contributed by atoms with van der Waals surface area (Å²) in [5.74, 6) is 0.952. The molecule has 5 nitrogen and oxygen atoms in total. The van der Waals surface area contributed by atoms with Gasteiger partial charge in [-0.25, -0.2) is 4.79 Å². The highest BCUT2D eigenvalue weighted by Crippen LogP contribution is 2.54. The van der Waals surface area contributed by atoms with E-state index in [2.05, 4.69) is 6.92 Å². The Kier molecular flexibility index (Phi) is 5.25. The molecule has 30 heavy (non-hydrogen) atoms. The SMILES string of the molecule is CC1=C(C(=O)CC(C)C)O[C@@H](c2c(O)c3c(C)cccc3oc2=O)[C@H]2[C@@H]1CC[C@@H]2C. The number of fused-ring (bicyclic) bond motifs is 2. The van der Waals surface area contributed by atoms with Crippen LogP contribution >= 0.6 is 0 Å². The van der Waals surface area contributed by atoms with Crippen LogP contribution in [0.25, 0.3) is 11.0 Å². The van der Waals surface area contributed by atoms with Gasteiger partial charge in [0.05, 0.1) is 5.39 Å². The summed E-state index contributed by atoms with van der Waals surface area (Å²) in [7, 11) is 0. The Bertz CT molecular complexity index is 1090. The fourth-order valence-electron chi connectivity index (χ4n) is 5.37. The van der Waals surface area contributed by atoms with E-state index in [1.54, 1.807) is 12.1 Å². The molecule has 1 aliphatic heterocycles. The smallest absolute Gasteiger partial charge is 0.347 e. The monoisotopic (exact) mass is 410 g/mol. The maximum Gasteiger partial charge on any atom is 0.347 e. The summed E-state index contributed by atoms with van der Waals surface area (Å²) in [6, 6.07) is 5.34. The lowest BCUT2D eigenvalue weighted by atomic mass is 9.76. The summed E-state index contributed by atoms with van der Waals surface area (Å²) in [5.41, 5.74) is 1.71. The number of allylic oxidation sites excluding steroid dienone is 2. The highest BCUT2D eigenvalue weighted by molar-refractivity contribution is 5.94. The Balaban J connectivity index is 1.89. The van der Waals surface area contributed by atoms with E-state index in [1.165, 1.54) is 0 Å². The predicted molar refractivity (Wildman–Crippen MR) is 115 cm³/mol. The molecule has 2 heterocycles. The first kappa shape index (κ1) is 20.7. The van der Waals surface area contributed by atoms with Gasteiger partial charge < -0.3 is 14.3 Å². The molecular formula is C25H30O5. The average molecular weight is 411 g/mol. The minimum atomic E-state index is -0.692. The van der Waals surface area contributed by atoms with Gasteiger partial charge in [0.25, 0.3) is 0 Å². The van der Waals surface area contributed by atoms with Gasteiger partial charge in [0.15, 0.2) is 11.5 Å². The normalized spacial score (nSPS) is 26.2. The number of rotatable bonds is 4. The van der Waals surface area contributed by atoms with Crippen LogP contribution in [0.1, 0.15) is 64.2 Å². The van der Waals surface area contributed by atoms with Crippen LogP contribution < -0.4 is 5.63 Å². The number of ether oxygens (including phenoxy) is 1. The topological polar surface area (TPSA) is 76.7 Å². The van der Waals surface area contributed by atoms with Crippen molar-refractivity contribution in [2.75, 3.05) is 0 Å². The maximum absolute atomic E-state index is 13.0. The van der Waals surface area contributed by atoms with E-state index in [-0.39, 0.29) is 34.8 Å². The third-order valence-electron chi connectivity index (χ3n) is 6.84. The van der Waals surface area contributed by atoms with Crippen LogP contribution in [0.5, 0.6) is 5.75 Å². The van der Waals surface area contributed by atoms with Gasteiger partial charge in [0.1, 0.15) is 23.0 Å². The first-order valence-electron chi connectivity index (χ1n) is 10.9. The van der Waals surface area contributed by atoms with Gasteiger partial charge in [-0.1, -0.05) is 32.9 Å². The Labute approximate surface area is 176 Å². The fraction of sp³-hybridized carbons (Fsp3) is 0.520. The Hall–Kier alpha value is -2.56. The summed E-state index contributed by atoms with van der Waals surface area (Å²) in [5, 5.41) is 11.7. The molecular weight excluding hydrogens is 380 g/mol. The van der Waals surface area contributed by atoms with Crippen molar-refractivity contribution >= 4 is 16.8 Å². The molecule has 1 saturated carbocycles. The summed E-state index contributed by atoms with van der Waals surface area (Å²) in [6.07, 6.45) is 1.65. The second-order valence-corrected chi connectivity index (χ2v) is 9.41. The van der Waals surface area contributed by atoms with Gasteiger partial charge in [-0.3, -0.25) is 4.79 Å². The van der Waals surface area contributed by atoms with Gasteiger partial charge in [-0.05, 0) is 61.6 Å². The number of hydrogen-bond donors (Lipinski definition) is 1. The van der Waals surface area contributed by atoms with E-state index in [9.17, 15) is 14.7 Å². The van der Waals surface area contributed by atoms with Crippen molar-refractivity contribution < 1.29 is 19.1 Å². The fourth-order valence-corrected chi connectivity index (χ4v) is 5.37. The number of benzene rings is 1. The lowest BCUT2D eigenvalue weighted by Gasteiger charge is -2.38. The molecule has 2 aliphatic rings. The quantitative estimate of drug-likeness (QED) is 0.680. The predicted octanol–water partition coefficient (Wildman–Crippen LogP) is 5.43. The molecule has 1 aliphatic carbocycles. The second kappa shape index (κ2) is 7.60. The summed E-state index contributed by atoms with van der Waals surface area (Å²) < 4.78 is 11.9. The van der Waals surface area contributed by atoms with Gasteiger partial charge in [0, 0.05) is 12.3 Å². The van der Waals surface area contributed by atoms with E-state index in [0.29, 0.717) is 29.1 Å². The molecule has 0 amide bonds. The van der Waals surface area contributed by atoms with Crippen LogP contribution in [0.15, 0.2) is 38.7 Å². The van der Waals surface area contributed by atoms with Crippen LogP contribution in [0.4, 0.5) is 0 Å². The van der Waals surface area contributed by atoms with Crippen molar-refractivity contribution in [3.8, 4) is 5.75 Å². The standard InChI is InChI=1S/C25H30O5/c1-12(2)11-17(26)23-15(5)16-10-9-14(4)19(16)24(30-23)21-22(27)20-13(3)7-6-8-18(20)29-25(21)28/h6-8,12,14,16,19,24,27H,9-11H2,1-5H3/t14-,16+,19+,24+/m0/s1. The number of carbonyl (C=O) groups is 1. The van der Waals surface area contributed by atoms with E-state index in [1.807, 2.05) is 33.8 Å². The first-order valence-corrected chi connectivity index (χ1v) is 10.9. The largest absolute Gasteiger partial charge is 0.506 e. The lowest BCUT2D eigenvalue weighted by Crippen LogP contribution is -2.34. The van der Waals surface area contributed by atoms with Gasteiger partial charge in [-0.2, -0.15) is 0 Å². The van der Waals surface area contributed by atoms with Crippen LogP contribution in [0.2, 0.25) is 0 Å². The molecule has 5 heteroatoms. The van der Waals surface area contributed by atoms with Crippen molar-refractivity contribution in [1.29, 1.82) is 0 Å². The molecule has 0 saturated heterocycles. The Morgan fingerprint density at radius 3 is 2.67 bits per heavy atom. The zero-order chi connectivity index (χ0) is 21.7. The van der Waals surface area contributed by atoms with Crippen molar-refractivity contribution in [1.82, 2.24) is 0 Å². The van der Waals surface area contributed by atoms with Crippen molar-refractivity contribution in [2.24, 2.45) is 23.7 Å². The van der Waals surface area contributed by atoms with E-state index in [4.69, 9.17) is 9.15 Å². The molecule has 0 unspecified atom stereocenters. The zero-order valence-electron chi connectivity index (χ0n) is 18.3. The second-order valence-electron chi connectivity index (χ2n) is 9.41. The number of aromatic hydroxyl groups is 1. The number of ketones is 1. The molecule has 160 valence electrons. The average Bonchev–Trinajstić information content (AvgIpc) is 3.05. The van der Waals surface area contributed by atoms with Crippen molar-refractivity contribution in [3.63, 3.8) is 0 Å². The Morgan fingerprint density at radius 1 is 1.23 bits per heavy atom. The highest BCUT2D eigenvalue weighted by Gasteiger charge is 2.48. The van der Waals surface area contributed by atoms with Gasteiger partial charge in [-0.15, -0.1) is 0 Å². The third-order valence-corrected chi connectivity index (χ3v) is 6.84. The molecule has 0 bridgehead atoms. The number of Topliss-reactive ketones (excluding diaryl/α,β-unsaturated/α-hetero) is 1. The van der Waals surface area contributed by atoms with E-state index >= 15 is 0 Å². The summed E-state index contributed by atoms with van der Waals surface area (Å²) in [4.78, 5) is 25.9. The van der Waals surface area contributed by atoms with Crippen molar-refractivity contribution in [2.45, 2.75) is 60.0 Å². The number of hydrogen-bond acceptors (Lipinski definition) is 5. The maximum atomic E-state index is 13.0. The van der Waals surface area contributed by atoms with Gasteiger partial charge >= 0.3 is 5.63 Å². The Morgan fingerprint density at radius 2 is 1.97 bits per heavy atom. The van der Waals surface area contributed by atoms with Crippen LogP contribution in [0, 0.1) is 30.6 Å². The van der Waals surface area contributed by atoms with Crippen LogP contribution in [0.3, 0.4) is 0 Å². The molecule has 2 aromatic rings. The molecule has 1 fully saturated rings. The molecule has 1 aromatic carbocycles. The van der Waals surface area contributed by atoms with Crippen LogP contribution in [-0.2, 0) is 9.53 Å². The number of aryl methyl sites for hydroxylation is 1. The van der Waals surface area contributed by atoms with E-state index < -0.39 is 11.7 Å². The zero-order valence-corrected chi connectivity index (χ0v) is 18.3. The highest BCUT2D eigenvalue weighted by atomic mass is 16.5. The van der Waals surface area contributed by atoms with Gasteiger partial charge in [0.2, 0.25) is 0 Å². The molecule has 0 radical (unpaired) electrons. The molecule has 0 spiro atoms. The summed E-state index contributed by atoms with van der Waals surface area (Å²) >= 11 is 0. The summed E-state index contributed by atoms with van der Waals surface area (Å²) in [6.45, 7) is 10.0. The minimum Gasteiger partial charge on any atom is -0.506 e. The first-order chi connectivity index (χ1) is 14.2. The minimum absolute atomic E-state index is 0.0240. The molecule has 4 atom stereocenters. The third kappa shape index (κ3) is 3.24. The number of carbonyl (C=O) groups excluding carboxylic acids is 1.